The van der Waals surface area contributed by atoms with Crippen molar-refractivity contribution in [2.24, 2.45) is 17.4 Å². The summed E-state index contributed by atoms with van der Waals surface area (Å²) in [6, 6.07) is -1.64. The molecule has 0 fully saturated rings. The largest absolute Gasteiger partial charge is 0.368 e. The second-order valence-electron chi connectivity index (χ2n) is 3.45. The minimum Gasteiger partial charge on any atom is -0.368 e. The molecule has 4 amide bonds. The lowest BCUT2D eigenvalue weighted by Crippen LogP contribution is -2.51. The van der Waals surface area contributed by atoms with E-state index in [1.807, 2.05) is 5.48 Å². The molecule has 0 aromatic carbocycles. The van der Waals surface area contributed by atoms with Crippen molar-refractivity contribution in [3.8, 4) is 0 Å². The van der Waals surface area contributed by atoms with Crippen molar-refractivity contribution < 1.29 is 19.2 Å². The van der Waals surface area contributed by atoms with Gasteiger partial charge in [-0.25, -0.2) is 10.3 Å². The van der Waals surface area contributed by atoms with Gasteiger partial charge in [-0.05, 0) is 5.92 Å². The van der Waals surface area contributed by atoms with Crippen LogP contribution in [0.1, 0.15) is 13.8 Å². The van der Waals surface area contributed by atoms with Crippen LogP contribution in [-0.2, 0) is 14.4 Å². The highest BCUT2D eigenvalue weighted by atomic mass is 16.7. The van der Waals surface area contributed by atoms with Crippen LogP contribution in [0.4, 0.5) is 4.79 Å². The maximum Gasteiger partial charge on any atom is 0.312 e. The Morgan fingerprint density at radius 1 is 1.25 bits per heavy atom. The zero-order valence-electron chi connectivity index (χ0n) is 9.15. The van der Waals surface area contributed by atoms with Crippen molar-refractivity contribution in [2.75, 3.05) is 6.61 Å². The topological polar surface area (TPSA) is 137 Å². The predicted molar refractivity (Wildman–Crippen MR) is 54.6 cm³/mol. The molecule has 0 spiro atoms. The molecule has 0 saturated carbocycles. The van der Waals surface area contributed by atoms with Crippen LogP contribution in [0, 0.1) is 5.92 Å². The number of urea groups is 1. The van der Waals surface area contributed by atoms with E-state index in [0.717, 1.165) is 0 Å². The fraction of sp³-hybridized carbons (Fsp3) is 0.625. The lowest BCUT2D eigenvalue weighted by molar-refractivity contribution is -0.140. The fourth-order valence-corrected chi connectivity index (χ4v) is 0.930. The summed E-state index contributed by atoms with van der Waals surface area (Å²) in [5.41, 5.74) is 11.7. The first-order chi connectivity index (χ1) is 7.34. The van der Waals surface area contributed by atoms with Gasteiger partial charge in [0.05, 0.1) is 0 Å². The van der Waals surface area contributed by atoms with Crippen LogP contribution in [0.25, 0.3) is 0 Å². The number of carbonyl (C=O) groups is 3. The number of hydrogen-bond acceptors (Lipinski definition) is 4. The molecule has 16 heavy (non-hydrogen) atoms. The number of amides is 4. The minimum absolute atomic E-state index is 0.176. The summed E-state index contributed by atoms with van der Waals surface area (Å²) in [7, 11) is 0. The number of primary amides is 2. The van der Waals surface area contributed by atoms with Crippen molar-refractivity contribution in [3.63, 3.8) is 0 Å². The van der Waals surface area contributed by atoms with Gasteiger partial charge in [0.2, 0.25) is 5.91 Å². The van der Waals surface area contributed by atoms with E-state index in [4.69, 9.17) is 11.5 Å². The summed E-state index contributed by atoms with van der Waals surface area (Å²) in [5, 5.41) is 2.25. The van der Waals surface area contributed by atoms with Crippen LogP contribution >= 0.6 is 0 Å². The first-order valence-corrected chi connectivity index (χ1v) is 4.60. The Bertz CT molecular complexity index is 279. The third kappa shape index (κ3) is 5.81. The first-order valence-electron chi connectivity index (χ1n) is 4.60. The summed E-state index contributed by atoms with van der Waals surface area (Å²) < 4.78 is 0. The van der Waals surface area contributed by atoms with Crippen LogP contribution in [0.2, 0.25) is 0 Å². The Labute approximate surface area is 92.6 Å². The average Bonchev–Trinajstić information content (AvgIpc) is 2.12. The SMILES string of the molecule is CC(C)C(NC(N)=O)C(=O)NOCC(N)=O. The molecular weight excluding hydrogens is 216 g/mol. The molecule has 0 aromatic rings. The smallest absolute Gasteiger partial charge is 0.312 e. The molecule has 8 heteroatoms. The third-order valence-corrected chi connectivity index (χ3v) is 1.63. The van der Waals surface area contributed by atoms with E-state index in [2.05, 4.69) is 10.2 Å². The number of hydrogen-bond donors (Lipinski definition) is 4. The van der Waals surface area contributed by atoms with Gasteiger partial charge in [0.1, 0.15) is 6.04 Å². The molecule has 92 valence electrons. The van der Waals surface area contributed by atoms with Gasteiger partial charge in [-0.15, -0.1) is 0 Å². The molecule has 6 N–H and O–H groups in total. The van der Waals surface area contributed by atoms with E-state index in [1.54, 1.807) is 13.8 Å². The Morgan fingerprint density at radius 3 is 2.19 bits per heavy atom. The predicted octanol–water partition coefficient (Wildman–Crippen LogP) is -1.79. The average molecular weight is 232 g/mol. The lowest BCUT2D eigenvalue weighted by Gasteiger charge is -2.19. The van der Waals surface area contributed by atoms with Gasteiger partial charge in [0.25, 0.3) is 5.91 Å². The summed E-state index contributed by atoms with van der Waals surface area (Å²) in [5.74, 6) is -1.50. The number of hydroxylamine groups is 1. The molecule has 0 rings (SSSR count). The van der Waals surface area contributed by atoms with Gasteiger partial charge in [-0.3, -0.25) is 14.4 Å². The van der Waals surface area contributed by atoms with Crippen LogP contribution < -0.4 is 22.3 Å². The van der Waals surface area contributed by atoms with E-state index < -0.39 is 30.5 Å². The van der Waals surface area contributed by atoms with Crippen molar-refractivity contribution >= 4 is 17.8 Å². The fourth-order valence-electron chi connectivity index (χ4n) is 0.930. The number of nitrogens with two attached hydrogens (primary N) is 2. The quantitative estimate of drug-likeness (QED) is 0.402. The Hall–Kier alpha value is -1.83. The third-order valence-electron chi connectivity index (χ3n) is 1.63. The monoisotopic (exact) mass is 232 g/mol. The lowest BCUT2D eigenvalue weighted by atomic mass is 10.0. The maximum atomic E-state index is 11.4. The molecule has 8 nitrogen and oxygen atoms in total. The molecule has 1 unspecified atom stereocenters. The molecule has 0 bridgehead atoms. The second-order valence-corrected chi connectivity index (χ2v) is 3.45. The highest BCUT2D eigenvalue weighted by Crippen LogP contribution is 2.01. The highest BCUT2D eigenvalue weighted by molar-refractivity contribution is 5.86. The van der Waals surface area contributed by atoms with Crippen LogP contribution in [-0.4, -0.2) is 30.5 Å². The van der Waals surface area contributed by atoms with Crippen LogP contribution in [0.5, 0.6) is 0 Å². The van der Waals surface area contributed by atoms with Gasteiger partial charge >= 0.3 is 6.03 Å². The zero-order chi connectivity index (χ0) is 12.7. The number of nitrogens with one attached hydrogen (secondary N) is 2. The zero-order valence-corrected chi connectivity index (χ0v) is 9.15. The Kier molecular flexibility index (Phi) is 5.86. The van der Waals surface area contributed by atoms with E-state index in [-0.39, 0.29) is 5.92 Å². The van der Waals surface area contributed by atoms with Gasteiger partial charge < -0.3 is 16.8 Å². The summed E-state index contributed by atoms with van der Waals surface area (Å²) in [6.45, 7) is 3.00. The van der Waals surface area contributed by atoms with E-state index >= 15 is 0 Å². The van der Waals surface area contributed by atoms with Crippen molar-refractivity contribution in [2.45, 2.75) is 19.9 Å². The summed E-state index contributed by atoms with van der Waals surface area (Å²) >= 11 is 0. The van der Waals surface area contributed by atoms with E-state index in [1.165, 1.54) is 0 Å². The van der Waals surface area contributed by atoms with E-state index in [0.29, 0.717) is 0 Å². The maximum absolute atomic E-state index is 11.4. The van der Waals surface area contributed by atoms with Gasteiger partial charge in [-0.1, -0.05) is 13.8 Å². The molecule has 0 radical (unpaired) electrons. The summed E-state index contributed by atoms with van der Waals surface area (Å²) in [4.78, 5) is 36.9. The van der Waals surface area contributed by atoms with Crippen LogP contribution in [0.15, 0.2) is 0 Å². The highest BCUT2D eigenvalue weighted by Gasteiger charge is 2.23. The first kappa shape index (κ1) is 14.2. The molecule has 0 saturated heterocycles. The molecule has 0 aromatic heterocycles. The molecule has 1 atom stereocenters. The Balaban J connectivity index is 4.17. The van der Waals surface area contributed by atoms with Crippen molar-refractivity contribution in [3.05, 3.63) is 0 Å². The van der Waals surface area contributed by atoms with Crippen molar-refractivity contribution in [1.82, 2.24) is 10.8 Å². The number of rotatable bonds is 6. The standard InChI is InChI=1S/C8H16N4O4/c1-4(2)6(11-8(10)15)7(14)12-16-3-5(9)13/h4,6H,3H2,1-2H3,(H2,9,13)(H,12,14)(H3,10,11,15). The summed E-state index contributed by atoms with van der Waals surface area (Å²) in [6.07, 6.45) is 0. The Morgan fingerprint density at radius 2 is 1.81 bits per heavy atom. The molecule has 0 aliphatic rings. The van der Waals surface area contributed by atoms with Gasteiger partial charge in [-0.2, -0.15) is 0 Å². The molecule has 0 heterocycles. The molecule has 0 aliphatic carbocycles. The van der Waals surface area contributed by atoms with Crippen LogP contribution in [0.3, 0.4) is 0 Å². The number of carbonyl (C=O) groups excluding carboxylic acids is 3. The van der Waals surface area contributed by atoms with E-state index in [9.17, 15) is 14.4 Å². The normalized spacial score (nSPS) is 11.9. The molecule has 0 aliphatic heterocycles. The second kappa shape index (κ2) is 6.62. The van der Waals surface area contributed by atoms with Gasteiger partial charge in [0, 0.05) is 0 Å². The van der Waals surface area contributed by atoms with Crippen molar-refractivity contribution in [1.29, 1.82) is 0 Å². The minimum atomic E-state index is -0.828. The molecular formula is C8H16N4O4. The van der Waals surface area contributed by atoms with Gasteiger partial charge in [0.15, 0.2) is 6.61 Å².